The van der Waals surface area contributed by atoms with Gasteiger partial charge in [0, 0.05) is 13.1 Å². The average Bonchev–Trinajstić information content (AvgIpc) is 2.69. The van der Waals surface area contributed by atoms with Crippen LogP contribution in [0.2, 0.25) is 0 Å². The highest BCUT2D eigenvalue weighted by atomic mass is 32.1. The summed E-state index contributed by atoms with van der Waals surface area (Å²) in [5, 5.41) is 3.50. The lowest BCUT2D eigenvalue weighted by atomic mass is 9.87. The van der Waals surface area contributed by atoms with Gasteiger partial charge in [-0.2, -0.15) is 0 Å². The molecule has 5 nitrogen and oxygen atoms in total. The summed E-state index contributed by atoms with van der Waals surface area (Å²) < 4.78 is 16.6. The van der Waals surface area contributed by atoms with Crippen molar-refractivity contribution < 1.29 is 14.2 Å². The molecule has 0 saturated carbocycles. The SMILES string of the molecule is COc1cc(COC(=S)NCc2ccc(C(C)(C)C)cc2)ccc1OCCN. The molecule has 0 bridgehead atoms. The van der Waals surface area contributed by atoms with Gasteiger partial charge in [0.2, 0.25) is 0 Å². The third kappa shape index (κ3) is 6.69. The smallest absolute Gasteiger partial charge is 0.257 e. The molecule has 3 N–H and O–H groups in total. The minimum absolute atomic E-state index is 0.149. The number of thiocarbonyl (C=S) groups is 1. The third-order valence-electron chi connectivity index (χ3n) is 4.23. The van der Waals surface area contributed by atoms with Crippen molar-refractivity contribution in [3.05, 3.63) is 59.2 Å². The van der Waals surface area contributed by atoms with Gasteiger partial charge >= 0.3 is 0 Å². The molecule has 152 valence electrons. The van der Waals surface area contributed by atoms with Gasteiger partial charge in [-0.1, -0.05) is 51.1 Å². The van der Waals surface area contributed by atoms with E-state index in [0.29, 0.717) is 43.0 Å². The van der Waals surface area contributed by atoms with Gasteiger partial charge in [0.25, 0.3) is 5.17 Å². The molecule has 0 aliphatic carbocycles. The Kier molecular flexibility index (Phi) is 8.08. The molecular formula is C22H30N2O3S. The zero-order valence-corrected chi connectivity index (χ0v) is 17.9. The zero-order valence-electron chi connectivity index (χ0n) is 17.1. The van der Waals surface area contributed by atoms with Crippen molar-refractivity contribution >= 4 is 17.4 Å². The van der Waals surface area contributed by atoms with Gasteiger partial charge in [-0.25, -0.2) is 0 Å². The van der Waals surface area contributed by atoms with E-state index in [1.54, 1.807) is 7.11 Å². The molecule has 6 heteroatoms. The molecule has 0 fully saturated rings. The Bertz CT molecular complexity index is 770. The fourth-order valence-electron chi connectivity index (χ4n) is 2.59. The summed E-state index contributed by atoms with van der Waals surface area (Å²) >= 11 is 5.28. The van der Waals surface area contributed by atoms with E-state index < -0.39 is 0 Å². The minimum Gasteiger partial charge on any atom is -0.493 e. The third-order valence-corrected chi connectivity index (χ3v) is 4.49. The summed E-state index contributed by atoms with van der Waals surface area (Å²) in [6, 6.07) is 14.2. The van der Waals surface area contributed by atoms with E-state index in [2.05, 4.69) is 50.4 Å². The van der Waals surface area contributed by atoms with Gasteiger partial charge < -0.3 is 25.3 Å². The molecule has 0 aliphatic rings. The molecule has 0 aromatic heterocycles. The Labute approximate surface area is 173 Å². The number of hydrogen-bond acceptors (Lipinski definition) is 5. The van der Waals surface area contributed by atoms with Crippen LogP contribution in [0, 0.1) is 0 Å². The van der Waals surface area contributed by atoms with Crippen LogP contribution in [-0.4, -0.2) is 25.4 Å². The number of ether oxygens (including phenoxy) is 3. The highest BCUT2D eigenvalue weighted by Crippen LogP contribution is 2.28. The Balaban J connectivity index is 1.83. The van der Waals surface area contributed by atoms with E-state index in [0.717, 1.165) is 11.1 Å². The maximum absolute atomic E-state index is 5.65. The predicted octanol–water partition coefficient (Wildman–Crippen LogP) is 3.92. The molecule has 0 heterocycles. The van der Waals surface area contributed by atoms with Gasteiger partial charge in [0.1, 0.15) is 13.2 Å². The Morgan fingerprint density at radius 1 is 1.04 bits per heavy atom. The predicted molar refractivity (Wildman–Crippen MR) is 117 cm³/mol. The van der Waals surface area contributed by atoms with Crippen LogP contribution in [0.25, 0.3) is 0 Å². The van der Waals surface area contributed by atoms with Crippen LogP contribution in [-0.2, 0) is 23.3 Å². The van der Waals surface area contributed by atoms with E-state index in [1.165, 1.54) is 5.56 Å². The molecule has 0 aliphatic heterocycles. The zero-order chi connectivity index (χ0) is 20.6. The molecular weight excluding hydrogens is 372 g/mol. The first-order chi connectivity index (χ1) is 13.3. The summed E-state index contributed by atoms with van der Waals surface area (Å²) in [6.07, 6.45) is 0. The van der Waals surface area contributed by atoms with Crippen LogP contribution in [0.5, 0.6) is 11.5 Å². The van der Waals surface area contributed by atoms with E-state index in [-0.39, 0.29) is 5.41 Å². The lowest BCUT2D eigenvalue weighted by Gasteiger charge is -2.19. The maximum Gasteiger partial charge on any atom is 0.257 e. The first-order valence-electron chi connectivity index (χ1n) is 9.33. The second kappa shape index (κ2) is 10.3. The van der Waals surface area contributed by atoms with Crippen LogP contribution in [0.15, 0.2) is 42.5 Å². The molecule has 2 rings (SSSR count). The second-order valence-electron chi connectivity index (χ2n) is 7.50. The summed E-state index contributed by atoms with van der Waals surface area (Å²) in [7, 11) is 1.60. The van der Waals surface area contributed by atoms with Crippen molar-refractivity contribution in [2.45, 2.75) is 39.3 Å². The standard InChI is InChI=1S/C22H30N2O3S/c1-22(2,3)18-8-5-16(6-9-18)14-24-21(28)27-15-17-7-10-19(26-12-11-23)20(13-17)25-4/h5-10,13H,11-12,14-15,23H2,1-4H3,(H,24,28). The van der Waals surface area contributed by atoms with Crippen LogP contribution in [0.3, 0.4) is 0 Å². The van der Waals surface area contributed by atoms with Crippen LogP contribution >= 0.6 is 12.2 Å². The highest BCUT2D eigenvalue weighted by molar-refractivity contribution is 7.80. The summed E-state index contributed by atoms with van der Waals surface area (Å²) in [5.74, 6) is 1.31. The number of methoxy groups -OCH3 is 1. The fourth-order valence-corrected chi connectivity index (χ4v) is 2.72. The molecule has 28 heavy (non-hydrogen) atoms. The molecule has 0 unspecified atom stereocenters. The molecule has 2 aromatic rings. The molecule has 0 spiro atoms. The van der Waals surface area contributed by atoms with Crippen molar-refractivity contribution in [1.82, 2.24) is 5.32 Å². The molecule has 0 radical (unpaired) electrons. The summed E-state index contributed by atoms with van der Waals surface area (Å²) in [4.78, 5) is 0. The van der Waals surface area contributed by atoms with Gasteiger partial charge in [0.15, 0.2) is 11.5 Å². The van der Waals surface area contributed by atoms with E-state index in [4.69, 9.17) is 32.2 Å². The second-order valence-corrected chi connectivity index (χ2v) is 7.87. The van der Waals surface area contributed by atoms with Gasteiger partial charge in [-0.05, 0) is 46.5 Å². The van der Waals surface area contributed by atoms with Crippen LogP contribution < -0.4 is 20.5 Å². The fraction of sp³-hybridized carbons (Fsp3) is 0.409. The van der Waals surface area contributed by atoms with E-state index in [1.807, 2.05) is 18.2 Å². The monoisotopic (exact) mass is 402 g/mol. The number of hydrogen-bond donors (Lipinski definition) is 2. The van der Waals surface area contributed by atoms with Crippen molar-refractivity contribution in [2.75, 3.05) is 20.3 Å². The normalized spacial score (nSPS) is 11.0. The van der Waals surface area contributed by atoms with Crippen molar-refractivity contribution in [3.8, 4) is 11.5 Å². The van der Waals surface area contributed by atoms with Gasteiger partial charge in [-0.3, -0.25) is 0 Å². The lowest BCUT2D eigenvalue weighted by Crippen LogP contribution is -2.23. The van der Waals surface area contributed by atoms with E-state index >= 15 is 0 Å². The Morgan fingerprint density at radius 3 is 2.32 bits per heavy atom. The molecule has 0 amide bonds. The quantitative estimate of drug-likeness (QED) is 0.653. The highest BCUT2D eigenvalue weighted by Gasteiger charge is 2.13. The molecule has 0 atom stereocenters. The molecule has 2 aromatic carbocycles. The number of rotatable bonds is 8. The average molecular weight is 403 g/mol. The molecule has 0 saturated heterocycles. The van der Waals surface area contributed by atoms with E-state index in [9.17, 15) is 0 Å². The van der Waals surface area contributed by atoms with Crippen molar-refractivity contribution in [1.29, 1.82) is 0 Å². The lowest BCUT2D eigenvalue weighted by molar-refractivity contribution is 0.282. The van der Waals surface area contributed by atoms with Crippen LogP contribution in [0.1, 0.15) is 37.5 Å². The summed E-state index contributed by atoms with van der Waals surface area (Å²) in [6.45, 7) is 8.48. The number of nitrogens with two attached hydrogens (primary N) is 1. The Morgan fingerprint density at radius 2 is 1.71 bits per heavy atom. The summed E-state index contributed by atoms with van der Waals surface area (Å²) in [5.41, 5.74) is 9.02. The minimum atomic E-state index is 0.149. The number of benzene rings is 2. The van der Waals surface area contributed by atoms with Gasteiger partial charge in [-0.15, -0.1) is 0 Å². The van der Waals surface area contributed by atoms with Crippen molar-refractivity contribution in [3.63, 3.8) is 0 Å². The topological polar surface area (TPSA) is 65.7 Å². The van der Waals surface area contributed by atoms with Crippen molar-refractivity contribution in [2.24, 2.45) is 5.73 Å². The largest absolute Gasteiger partial charge is 0.493 e. The Hall–Kier alpha value is -2.31. The maximum atomic E-state index is 5.65. The number of nitrogens with one attached hydrogen (secondary N) is 1. The first-order valence-corrected chi connectivity index (χ1v) is 9.74. The van der Waals surface area contributed by atoms with Crippen LogP contribution in [0.4, 0.5) is 0 Å². The first kappa shape index (κ1) is 22.0. The van der Waals surface area contributed by atoms with Gasteiger partial charge in [0.05, 0.1) is 7.11 Å².